The molecule has 0 rings (SSSR count). The lowest BCUT2D eigenvalue weighted by atomic mass is 10.2. The van der Waals surface area contributed by atoms with Crippen molar-refractivity contribution in [1.29, 1.82) is 0 Å². The van der Waals surface area contributed by atoms with Gasteiger partial charge in [-0.25, -0.2) is 0 Å². The second-order valence-corrected chi connectivity index (χ2v) is 2.39. The van der Waals surface area contributed by atoms with Crippen LogP contribution in [0.1, 0.15) is 12.8 Å². The third-order valence-electron chi connectivity index (χ3n) is 1.28. The summed E-state index contributed by atoms with van der Waals surface area (Å²) in [4.78, 5) is 21.6. The summed E-state index contributed by atoms with van der Waals surface area (Å²) in [5.74, 6) is -0.987. The van der Waals surface area contributed by atoms with Crippen LogP contribution in [0.15, 0.2) is 4.99 Å². The van der Waals surface area contributed by atoms with E-state index in [1.165, 1.54) is 0 Å². The van der Waals surface area contributed by atoms with Crippen molar-refractivity contribution in [2.75, 3.05) is 6.54 Å². The largest absolute Gasteiger partial charge is 0.480 e. The van der Waals surface area contributed by atoms with E-state index >= 15 is 0 Å². The van der Waals surface area contributed by atoms with E-state index in [4.69, 9.17) is 27.2 Å². The third-order valence-corrected chi connectivity index (χ3v) is 1.28. The highest BCUT2D eigenvalue weighted by molar-refractivity contribution is 5.75. The maximum atomic E-state index is 10.2. The first-order chi connectivity index (χ1) is 6.54. The first-order valence-electron chi connectivity index (χ1n) is 3.81. The van der Waals surface area contributed by atoms with Gasteiger partial charge < -0.3 is 22.3 Å². The number of guanidine groups is 1. The highest BCUT2D eigenvalue weighted by atomic mass is 16.4. The summed E-state index contributed by atoms with van der Waals surface area (Å²) < 4.78 is 0. The molecule has 0 fully saturated rings. The van der Waals surface area contributed by atoms with E-state index in [0.717, 1.165) is 0 Å². The highest BCUT2D eigenvalue weighted by Crippen LogP contribution is 1.94. The number of hydrogen-bond donors (Lipinski definition) is 5. The van der Waals surface area contributed by atoms with Gasteiger partial charge in [0.25, 0.3) is 0 Å². The number of aliphatic carboxylic acids is 1. The average Bonchev–Trinajstić information content (AvgIpc) is 2.15. The zero-order valence-corrected chi connectivity index (χ0v) is 7.72. The molecule has 0 aromatic carbocycles. The van der Waals surface area contributed by atoms with Crippen molar-refractivity contribution in [2.45, 2.75) is 18.9 Å². The number of nitrogens with two attached hydrogens (primary N) is 4. The second-order valence-electron chi connectivity index (χ2n) is 2.39. The number of carboxylic acids is 1. The predicted molar refractivity (Wildman–Crippen MR) is 50.8 cm³/mol. The first kappa shape index (κ1) is 14.8. The number of carbonyl (C=O) groups is 1. The zero-order valence-electron chi connectivity index (χ0n) is 7.72. The first-order valence-corrected chi connectivity index (χ1v) is 3.81. The molecule has 0 bridgehead atoms. The molecule has 0 unspecified atom stereocenters. The number of nitroso groups, excluding NO2 is 1. The van der Waals surface area contributed by atoms with Crippen LogP contribution in [0.25, 0.3) is 0 Å². The lowest BCUT2D eigenvalue weighted by Gasteiger charge is -2.03. The normalized spacial score (nSPS) is 10.6. The van der Waals surface area contributed by atoms with Crippen LogP contribution >= 0.6 is 0 Å². The predicted octanol–water partition coefficient (Wildman–Crippen LogP) is -3.04. The van der Waals surface area contributed by atoms with Crippen LogP contribution in [0.4, 0.5) is 0 Å². The Kier molecular flexibility index (Phi) is 9.93. The zero-order chi connectivity index (χ0) is 11.6. The minimum atomic E-state index is -1.00. The number of hydrogen-bond acceptors (Lipinski definition) is 4. The molecule has 8 heteroatoms. The summed E-state index contributed by atoms with van der Waals surface area (Å²) in [7, 11) is 0. The summed E-state index contributed by atoms with van der Waals surface area (Å²) in [6, 6.07) is -0.820. The summed E-state index contributed by atoms with van der Waals surface area (Å²) in [6.07, 6.45) is 0.956. The molecule has 0 aromatic heterocycles. The minimum Gasteiger partial charge on any atom is -0.480 e. The van der Waals surface area contributed by atoms with Crippen molar-refractivity contribution in [3.05, 3.63) is 4.91 Å². The molecule has 0 heterocycles. The van der Waals surface area contributed by atoms with Crippen molar-refractivity contribution in [1.82, 2.24) is 0 Å². The molecule has 0 spiro atoms. The fraction of sp³-hybridized carbons (Fsp3) is 0.667. The van der Waals surface area contributed by atoms with E-state index in [2.05, 4.69) is 10.6 Å². The molecule has 1 atom stereocenters. The monoisotopic (exact) mass is 206 g/mol. The topological polar surface area (TPSA) is 170 Å². The molecule has 14 heavy (non-hydrogen) atoms. The maximum absolute atomic E-state index is 10.2. The van der Waals surface area contributed by atoms with Crippen LogP contribution in [0, 0.1) is 4.91 Å². The van der Waals surface area contributed by atoms with E-state index in [1.807, 2.05) is 0 Å². The lowest BCUT2D eigenvalue weighted by molar-refractivity contribution is -0.143. The van der Waals surface area contributed by atoms with E-state index < -0.39 is 12.0 Å². The Labute approximate surface area is 80.9 Å². The lowest BCUT2D eigenvalue weighted by Crippen LogP contribution is -2.30. The molecule has 9 N–H and O–H groups in total. The smallest absolute Gasteiger partial charge is 0.320 e. The van der Waals surface area contributed by atoms with Crippen molar-refractivity contribution in [3.8, 4) is 0 Å². The van der Waals surface area contributed by atoms with Crippen LogP contribution in [0.2, 0.25) is 0 Å². The quantitative estimate of drug-likeness (QED) is 0.182. The molecular formula is C6H16N5O3+. The minimum absolute atomic E-state index is 0.0129. The van der Waals surface area contributed by atoms with E-state index in [9.17, 15) is 4.79 Å². The van der Waals surface area contributed by atoms with Gasteiger partial charge in [-0.15, -0.1) is 0 Å². The van der Waals surface area contributed by atoms with Gasteiger partial charge in [0.1, 0.15) is 6.04 Å². The fourth-order valence-electron chi connectivity index (χ4n) is 0.643. The van der Waals surface area contributed by atoms with E-state index in [1.54, 1.807) is 0 Å². The Morgan fingerprint density at radius 3 is 2.29 bits per heavy atom. The molecule has 0 aliphatic heterocycles. The van der Waals surface area contributed by atoms with Crippen molar-refractivity contribution in [3.63, 3.8) is 0 Å². The van der Waals surface area contributed by atoms with Gasteiger partial charge in [0.05, 0.1) is 0 Å². The number of nitrogens with zero attached hydrogens (tertiary/aromatic N) is 1. The van der Waals surface area contributed by atoms with Gasteiger partial charge >= 0.3 is 5.97 Å². The molecule has 0 aliphatic rings. The van der Waals surface area contributed by atoms with Crippen molar-refractivity contribution in [2.24, 2.45) is 22.2 Å². The molecule has 0 radical (unpaired) electrons. The molecular weight excluding hydrogens is 190 g/mol. The Morgan fingerprint density at radius 1 is 1.43 bits per heavy atom. The van der Waals surface area contributed by atoms with Crippen LogP contribution in [0.5, 0.6) is 0 Å². The molecule has 0 amide bonds. The summed E-state index contributed by atoms with van der Waals surface area (Å²) in [6.45, 7) is 0.420. The number of carboxylic acid groups (broad SMARTS) is 1. The standard InChI is InChI=1S/C6H14N4O2.H2NO/c7-4(5(11)12)2-1-3-10-6(8)9;1-2/h4H,1-3,7H2,(H,11,12)(H4,8,9,10);1H2/q;+1/t4-;/m0./s1. The summed E-state index contributed by atoms with van der Waals surface area (Å²) >= 11 is 0. The second kappa shape index (κ2) is 9.39. The molecule has 0 saturated heterocycles. The van der Waals surface area contributed by atoms with Gasteiger partial charge in [0, 0.05) is 11.5 Å². The molecule has 0 aromatic rings. The Hall–Kier alpha value is -1.70. The van der Waals surface area contributed by atoms with Gasteiger partial charge in [0.2, 0.25) is 0 Å². The van der Waals surface area contributed by atoms with Crippen LogP contribution in [0.3, 0.4) is 0 Å². The summed E-state index contributed by atoms with van der Waals surface area (Å²) in [5.41, 5.74) is 18.6. The van der Waals surface area contributed by atoms with Gasteiger partial charge in [-0.3, -0.25) is 9.79 Å². The summed E-state index contributed by atoms with van der Waals surface area (Å²) in [5, 5.41) is 8.38. The van der Waals surface area contributed by atoms with Crippen molar-refractivity contribution < 1.29 is 15.5 Å². The molecule has 0 saturated carbocycles. The fourth-order valence-corrected chi connectivity index (χ4v) is 0.643. The van der Waals surface area contributed by atoms with Crippen LogP contribution in [-0.2, 0) is 4.79 Å². The van der Waals surface area contributed by atoms with Gasteiger partial charge in [0.15, 0.2) is 5.96 Å². The van der Waals surface area contributed by atoms with Gasteiger partial charge in [-0.1, -0.05) is 0 Å². The Bertz CT molecular complexity index is 192. The van der Waals surface area contributed by atoms with Crippen molar-refractivity contribution >= 4 is 11.9 Å². The Morgan fingerprint density at radius 2 is 1.93 bits per heavy atom. The van der Waals surface area contributed by atoms with Crippen LogP contribution in [-0.4, -0.2) is 29.6 Å². The maximum Gasteiger partial charge on any atom is 0.320 e. The van der Waals surface area contributed by atoms with Gasteiger partial charge in [-0.2, -0.15) is 0 Å². The van der Waals surface area contributed by atoms with E-state index in [-0.39, 0.29) is 5.96 Å². The highest BCUT2D eigenvalue weighted by Gasteiger charge is 2.09. The molecule has 0 aliphatic carbocycles. The molecule has 8 nitrogen and oxygen atoms in total. The van der Waals surface area contributed by atoms with Gasteiger partial charge in [-0.05, 0) is 18.4 Å². The molecule has 82 valence electrons. The van der Waals surface area contributed by atoms with E-state index in [0.29, 0.717) is 19.4 Å². The average molecular weight is 206 g/mol. The third kappa shape index (κ3) is 10.3. The number of rotatable bonds is 5. The SMILES string of the molecule is NC(N)=NCCC[C@H](N)C(=O)O.[NH2+]=O. The Balaban J connectivity index is 0. The van der Waals surface area contributed by atoms with Crippen LogP contribution < -0.4 is 22.8 Å². The number of aliphatic imine (C=N–C) groups is 1.